The summed E-state index contributed by atoms with van der Waals surface area (Å²) in [6, 6.07) is 1.41. The van der Waals surface area contributed by atoms with Crippen molar-refractivity contribution < 1.29 is 4.74 Å². The van der Waals surface area contributed by atoms with E-state index in [1.807, 2.05) is 0 Å². The number of ether oxygens (including phenoxy) is 1. The fourth-order valence-corrected chi connectivity index (χ4v) is 2.83. The van der Waals surface area contributed by atoms with Gasteiger partial charge in [0.1, 0.15) is 0 Å². The Morgan fingerprint density at radius 1 is 1.00 bits per heavy atom. The molecule has 3 nitrogen and oxygen atoms in total. The lowest BCUT2D eigenvalue weighted by Gasteiger charge is -2.30. The molecule has 0 heterocycles. The maximum absolute atomic E-state index is 5.26. The molecular formula is C17H38N2O. The van der Waals surface area contributed by atoms with Crippen molar-refractivity contribution in [1.29, 1.82) is 0 Å². The van der Waals surface area contributed by atoms with Gasteiger partial charge >= 0.3 is 0 Å². The molecule has 0 aliphatic heterocycles. The molecule has 20 heavy (non-hydrogen) atoms. The van der Waals surface area contributed by atoms with Crippen LogP contribution in [0.25, 0.3) is 0 Å². The van der Waals surface area contributed by atoms with Crippen molar-refractivity contribution in [2.75, 3.05) is 33.4 Å². The molecular weight excluding hydrogens is 248 g/mol. The zero-order valence-electron chi connectivity index (χ0n) is 14.6. The number of rotatable bonds is 14. The van der Waals surface area contributed by atoms with E-state index in [1.165, 1.54) is 45.1 Å². The van der Waals surface area contributed by atoms with E-state index in [0.717, 1.165) is 19.7 Å². The van der Waals surface area contributed by atoms with Gasteiger partial charge in [-0.15, -0.1) is 0 Å². The smallest absolute Gasteiger partial charge is 0.0589 e. The molecule has 0 aliphatic rings. The molecule has 0 saturated heterocycles. The van der Waals surface area contributed by atoms with E-state index in [4.69, 9.17) is 4.74 Å². The SMILES string of the molecule is CCCNC(CC)CCCN(CCOC)C(CC)CC. The predicted molar refractivity (Wildman–Crippen MR) is 89.4 cm³/mol. The molecule has 1 unspecified atom stereocenters. The Balaban J connectivity index is 4.09. The topological polar surface area (TPSA) is 24.5 Å². The summed E-state index contributed by atoms with van der Waals surface area (Å²) < 4.78 is 5.26. The van der Waals surface area contributed by atoms with Crippen molar-refractivity contribution >= 4 is 0 Å². The Bertz CT molecular complexity index is 195. The van der Waals surface area contributed by atoms with Gasteiger partial charge in [-0.05, 0) is 51.6 Å². The highest BCUT2D eigenvalue weighted by Gasteiger charge is 2.15. The maximum Gasteiger partial charge on any atom is 0.0589 e. The van der Waals surface area contributed by atoms with Crippen LogP contribution >= 0.6 is 0 Å². The minimum atomic E-state index is 0.695. The van der Waals surface area contributed by atoms with Crippen LogP contribution in [0.2, 0.25) is 0 Å². The molecule has 1 atom stereocenters. The van der Waals surface area contributed by atoms with Crippen molar-refractivity contribution in [3.8, 4) is 0 Å². The molecule has 0 aliphatic carbocycles. The molecule has 0 aromatic rings. The molecule has 0 aromatic carbocycles. The first-order chi connectivity index (χ1) is 9.73. The lowest BCUT2D eigenvalue weighted by molar-refractivity contribution is 0.113. The lowest BCUT2D eigenvalue weighted by Crippen LogP contribution is -2.38. The molecule has 0 amide bonds. The molecule has 0 aromatic heterocycles. The average Bonchev–Trinajstić information content (AvgIpc) is 2.48. The average molecular weight is 287 g/mol. The highest BCUT2D eigenvalue weighted by molar-refractivity contribution is 4.71. The highest BCUT2D eigenvalue weighted by atomic mass is 16.5. The van der Waals surface area contributed by atoms with E-state index in [0.29, 0.717) is 12.1 Å². The second kappa shape index (κ2) is 13.8. The molecule has 1 N–H and O–H groups in total. The van der Waals surface area contributed by atoms with Crippen LogP contribution in [0.1, 0.15) is 66.2 Å². The Kier molecular flexibility index (Phi) is 13.8. The lowest BCUT2D eigenvalue weighted by atomic mass is 10.1. The van der Waals surface area contributed by atoms with E-state index >= 15 is 0 Å². The summed E-state index contributed by atoms with van der Waals surface area (Å²) in [5.41, 5.74) is 0. The van der Waals surface area contributed by atoms with Gasteiger partial charge < -0.3 is 10.1 Å². The maximum atomic E-state index is 5.26. The van der Waals surface area contributed by atoms with E-state index in [2.05, 4.69) is 37.9 Å². The Hall–Kier alpha value is -0.120. The summed E-state index contributed by atoms with van der Waals surface area (Å²) in [5.74, 6) is 0. The summed E-state index contributed by atoms with van der Waals surface area (Å²) in [4.78, 5) is 2.62. The number of nitrogens with zero attached hydrogens (tertiary/aromatic N) is 1. The molecule has 0 spiro atoms. The Labute approximate surface area is 127 Å². The van der Waals surface area contributed by atoms with E-state index in [-0.39, 0.29) is 0 Å². The number of methoxy groups -OCH3 is 1. The van der Waals surface area contributed by atoms with Crippen LogP contribution in [0.4, 0.5) is 0 Å². The van der Waals surface area contributed by atoms with Gasteiger partial charge in [-0.25, -0.2) is 0 Å². The van der Waals surface area contributed by atoms with E-state index < -0.39 is 0 Å². The second-order valence-corrected chi connectivity index (χ2v) is 5.70. The van der Waals surface area contributed by atoms with Gasteiger partial charge in [-0.1, -0.05) is 27.7 Å². The van der Waals surface area contributed by atoms with E-state index in [1.54, 1.807) is 7.11 Å². The number of nitrogens with one attached hydrogen (secondary N) is 1. The van der Waals surface area contributed by atoms with Crippen LogP contribution in [0.15, 0.2) is 0 Å². The molecule has 0 fully saturated rings. The summed E-state index contributed by atoms with van der Waals surface area (Å²) in [5, 5.41) is 3.65. The third-order valence-electron chi connectivity index (χ3n) is 4.22. The van der Waals surface area contributed by atoms with Gasteiger partial charge in [0, 0.05) is 25.7 Å². The van der Waals surface area contributed by atoms with Gasteiger partial charge in [0.15, 0.2) is 0 Å². The van der Waals surface area contributed by atoms with Crippen LogP contribution in [0.3, 0.4) is 0 Å². The number of hydrogen-bond donors (Lipinski definition) is 1. The van der Waals surface area contributed by atoms with Crippen molar-refractivity contribution in [2.45, 2.75) is 78.3 Å². The quantitative estimate of drug-likeness (QED) is 0.527. The normalized spacial score (nSPS) is 13.3. The van der Waals surface area contributed by atoms with Crippen LogP contribution < -0.4 is 5.32 Å². The van der Waals surface area contributed by atoms with Gasteiger partial charge in [-0.3, -0.25) is 4.90 Å². The standard InChI is InChI=1S/C17H38N2O/c1-6-12-18-16(7-2)11-10-13-19(14-15-20-5)17(8-3)9-4/h16-18H,6-15H2,1-5H3. The minimum absolute atomic E-state index is 0.695. The summed E-state index contributed by atoms with van der Waals surface area (Å²) in [6.45, 7) is 13.4. The van der Waals surface area contributed by atoms with Crippen molar-refractivity contribution in [1.82, 2.24) is 10.2 Å². The summed E-state index contributed by atoms with van der Waals surface area (Å²) >= 11 is 0. The molecule has 0 saturated carbocycles. The number of hydrogen-bond acceptors (Lipinski definition) is 3. The first-order valence-corrected chi connectivity index (χ1v) is 8.69. The fraction of sp³-hybridized carbons (Fsp3) is 1.00. The predicted octanol–water partition coefficient (Wildman–Crippen LogP) is 3.68. The Morgan fingerprint density at radius 3 is 2.20 bits per heavy atom. The van der Waals surface area contributed by atoms with E-state index in [9.17, 15) is 0 Å². The third kappa shape index (κ3) is 8.93. The first kappa shape index (κ1) is 19.9. The first-order valence-electron chi connectivity index (χ1n) is 8.69. The van der Waals surface area contributed by atoms with Crippen LogP contribution in [0, 0.1) is 0 Å². The highest BCUT2D eigenvalue weighted by Crippen LogP contribution is 2.11. The Morgan fingerprint density at radius 2 is 1.70 bits per heavy atom. The monoisotopic (exact) mass is 286 g/mol. The van der Waals surface area contributed by atoms with Gasteiger partial charge in [-0.2, -0.15) is 0 Å². The summed E-state index contributed by atoms with van der Waals surface area (Å²) in [6.07, 6.45) is 7.53. The minimum Gasteiger partial charge on any atom is -0.383 e. The zero-order valence-corrected chi connectivity index (χ0v) is 14.6. The summed E-state index contributed by atoms with van der Waals surface area (Å²) in [7, 11) is 1.80. The molecule has 0 bridgehead atoms. The van der Waals surface area contributed by atoms with Gasteiger partial charge in [0.05, 0.1) is 6.61 Å². The van der Waals surface area contributed by atoms with Crippen LogP contribution in [0.5, 0.6) is 0 Å². The van der Waals surface area contributed by atoms with Gasteiger partial charge in [0.2, 0.25) is 0 Å². The zero-order chi connectivity index (χ0) is 15.2. The fourth-order valence-electron chi connectivity index (χ4n) is 2.83. The van der Waals surface area contributed by atoms with Crippen molar-refractivity contribution in [2.24, 2.45) is 0 Å². The third-order valence-corrected chi connectivity index (χ3v) is 4.22. The molecule has 3 heteroatoms. The largest absolute Gasteiger partial charge is 0.383 e. The molecule has 122 valence electrons. The molecule has 0 rings (SSSR count). The molecule has 0 radical (unpaired) electrons. The van der Waals surface area contributed by atoms with Gasteiger partial charge in [0.25, 0.3) is 0 Å². The van der Waals surface area contributed by atoms with Crippen LogP contribution in [-0.4, -0.2) is 50.3 Å². The van der Waals surface area contributed by atoms with Crippen molar-refractivity contribution in [3.63, 3.8) is 0 Å². The van der Waals surface area contributed by atoms with Crippen molar-refractivity contribution in [3.05, 3.63) is 0 Å². The van der Waals surface area contributed by atoms with Crippen LogP contribution in [-0.2, 0) is 4.74 Å². The second-order valence-electron chi connectivity index (χ2n) is 5.70.